The largest absolute Gasteiger partial charge is 0.342 e. The van der Waals surface area contributed by atoms with Gasteiger partial charge in [0, 0.05) is 0 Å². The number of amides is 2. The number of carbonyl (C=O) groups is 2. The van der Waals surface area contributed by atoms with Gasteiger partial charge in [0.15, 0.2) is 0 Å². The normalized spacial score (nSPS) is 25.8. The average Bonchev–Trinajstić information content (AvgIpc) is 2.23. The molecule has 0 bridgehead atoms. The quantitative estimate of drug-likeness (QED) is 0.720. The maximum absolute atomic E-state index is 12.3. The molecule has 0 aromatic rings. The monoisotopic (exact) mass is 236 g/mol. The first-order chi connectivity index (χ1) is 7.72. The number of nitrogens with zero attached hydrogens (tertiary/aromatic N) is 1. The number of hydrogen-bond donors (Lipinski definition) is 1. The van der Waals surface area contributed by atoms with Crippen LogP contribution in [0.25, 0.3) is 0 Å². The highest BCUT2D eigenvalue weighted by Gasteiger charge is 2.45. The van der Waals surface area contributed by atoms with Crippen molar-refractivity contribution in [3.63, 3.8) is 0 Å². The summed E-state index contributed by atoms with van der Waals surface area (Å²) in [4.78, 5) is 25.7. The fourth-order valence-electron chi connectivity index (χ4n) is 2.07. The Hall–Kier alpha value is -1.50. The molecule has 4 nitrogen and oxygen atoms in total. The molecule has 2 atom stereocenters. The number of carbonyl (C=O) groups excluding carboxylic acids is 2. The summed E-state index contributed by atoms with van der Waals surface area (Å²) in [5.41, 5.74) is -0.749. The average molecular weight is 236 g/mol. The van der Waals surface area contributed by atoms with E-state index in [1.54, 1.807) is 20.8 Å². The summed E-state index contributed by atoms with van der Waals surface area (Å²) >= 11 is 0. The lowest BCUT2D eigenvalue weighted by molar-refractivity contribution is -0.154. The summed E-state index contributed by atoms with van der Waals surface area (Å²) in [7, 11) is 0. The van der Waals surface area contributed by atoms with E-state index in [9.17, 15) is 9.59 Å². The highest BCUT2D eigenvalue weighted by atomic mass is 16.2. The lowest BCUT2D eigenvalue weighted by Gasteiger charge is -2.45. The minimum absolute atomic E-state index is 0.0509. The van der Waals surface area contributed by atoms with Crippen LogP contribution in [0.3, 0.4) is 0 Å². The molecule has 2 amide bonds. The van der Waals surface area contributed by atoms with Crippen LogP contribution in [0, 0.1) is 18.3 Å². The molecule has 0 aromatic heterocycles. The summed E-state index contributed by atoms with van der Waals surface area (Å²) in [6, 6.07) is -1.00. The molecule has 1 N–H and O–H groups in total. The predicted molar refractivity (Wildman–Crippen MR) is 66.0 cm³/mol. The number of nitrogens with one attached hydrogen (secondary N) is 1. The molecule has 0 aliphatic carbocycles. The molecule has 1 saturated heterocycles. The van der Waals surface area contributed by atoms with Crippen LogP contribution in [0.2, 0.25) is 0 Å². The molecule has 1 rings (SSSR count). The third-order valence-electron chi connectivity index (χ3n) is 3.19. The van der Waals surface area contributed by atoms with Crippen LogP contribution in [0.4, 0.5) is 0 Å². The SMILES string of the molecule is C#CC(C)(C)N1C(=O)C(C(C)C)NC(=O)C1C. The van der Waals surface area contributed by atoms with Crippen molar-refractivity contribution >= 4 is 11.8 Å². The molecule has 4 heteroatoms. The van der Waals surface area contributed by atoms with E-state index in [1.165, 1.54) is 4.90 Å². The zero-order valence-corrected chi connectivity index (χ0v) is 11.1. The smallest absolute Gasteiger partial charge is 0.247 e. The van der Waals surface area contributed by atoms with Gasteiger partial charge in [-0.1, -0.05) is 19.8 Å². The molecule has 0 aromatic carbocycles. The summed E-state index contributed by atoms with van der Waals surface area (Å²) in [5, 5.41) is 2.74. The van der Waals surface area contributed by atoms with Gasteiger partial charge in [-0.2, -0.15) is 0 Å². The topological polar surface area (TPSA) is 49.4 Å². The predicted octanol–water partition coefficient (Wildman–Crippen LogP) is 0.770. The molecule has 2 unspecified atom stereocenters. The standard InChI is InChI=1S/C13H20N2O2/c1-7-13(5,6)15-9(4)11(16)14-10(8(2)3)12(15)17/h1,8-10H,2-6H3,(H,14,16). The Balaban J connectivity index is 3.14. The Kier molecular flexibility index (Phi) is 3.51. The second-order valence-electron chi connectivity index (χ2n) is 5.32. The van der Waals surface area contributed by atoms with E-state index in [1.807, 2.05) is 13.8 Å². The van der Waals surface area contributed by atoms with E-state index in [0.717, 1.165) is 0 Å². The van der Waals surface area contributed by atoms with Crippen LogP contribution in [0.1, 0.15) is 34.6 Å². The fraction of sp³-hybridized carbons (Fsp3) is 0.692. The van der Waals surface area contributed by atoms with Gasteiger partial charge in [-0.3, -0.25) is 9.59 Å². The number of hydrogen-bond acceptors (Lipinski definition) is 2. The molecular formula is C13H20N2O2. The van der Waals surface area contributed by atoms with Gasteiger partial charge in [0.1, 0.15) is 12.1 Å². The van der Waals surface area contributed by atoms with E-state index in [4.69, 9.17) is 6.42 Å². The van der Waals surface area contributed by atoms with E-state index >= 15 is 0 Å². The molecule has 1 aliphatic heterocycles. The number of rotatable bonds is 2. The lowest BCUT2D eigenvalue weighted by atomic mass is 9.92. The van der Waals surface area contributed by atoms with E-state index in [2.05, 4.69) is 11.2 Å². The Bertz CT molecular complexity index is 379. The van der Waals surface area contributed by atoms with E-state index in [-0.39, 0.29) is 17.7 Å². The van der Waals surface area contributed by atoms with Crippen molar-refractivity contribution in [1.82, 2.24) is 10.2 Å². The van der Waals surface area contributed by atoms with Crippen LogP contribution in [-0.2, 0) is 9.59 Å². The van der Waals surface area contributed by atoms with Gasteiger partial charge in [0.25, 0.3) is 0 Å². The maximum atomic E-state index is 12.3. The summed E-state index contributed by atoms with van der Waals surface area (Å²) in [6.45, 7) is 9.05. The Labute approximate surface area is 103 Å². The van der Waals surface area contributed by atoms with Crippen molar-refractivity contribution < 1.29 is 9.59 Å². The van der Waals surface area contributed by atoms with Crippen molar-refractivity contribution in [2.24, 2.45) is 5.92 Å². The Morgan fingerprint density at radius 1 is 1.41 bits per heavy atom. The van der Waals surface area contributed by atoms with Crippen LogP contribution in [0.5, 0.6) is 0 Å². The van der Waals surface area contributed by atoms with Crippen molar-refractivity contribution in [1.29, 1.82) is 0 Å². The highest BCUT2D eigenvalue weighted by molar-refractivity contribution is 5.97. The zero-order valence-electron chi connectivity index (χ0n) is 11.1. The Morgan fingerprint density at radius 3 is 2.35 bits per heavy atom. The zero-order chi connectivity index (χ0) is 13.4. The first-order valence-corrected chi connectivity index (χ1v) is 5.83. The van der Waals surface area contributed by atoms with Crippen LogP contribution >= 0.6 is 0 Å². The summed E-state index contributed by atoms with van der Waals surface area (Å²) < 4.78 is 0. The lowest BCUT2D eigenvalue weighted by Crippen LogP contribution is -2.68. The first kappa shape index (κ1) is 13.6. The van der Waals surface area contributed by atoms with Gasteiger partial charge in [-0.15, -0.1) is 6.42 Å². The minimum atomic E-state index is -0.749. The van der Waals surface area contributed by atoms with Crippen molar-refractivity contribution in [2.75, 3.05) is 0 Å². The molecule has 1 fully saturated rings. The molecule has 0 radical (unpaired) electrons. The van der Waals surface area contributed by atoms with Gasteiger partial charge in [-0.25, -0.2) is 0 Å². The van der Waals surface area contributed by atoms with Gasteiger partial charge < -0.3 is 10.2 Å². The molecule has 0 saturated carbocycles. The van der Waals surface area contributed by atoms with E-state index < -0.39 is 17.6 Å². The van der Waals surface area contributed by atoms with Crippen LogP contribution in [0.15, 0.2) is 0 Å². The van der Waals surface area contributed by atoms with Gasteiger partial charge in [0.2, 0.25) is 11.8 Å². The molecule has 94 valence electrons. The highest BCUT2D eigenvalue weighted by Crippen LogP contribution is 2.23. The van der Waals surface area contributed by atoms with Gasteiger partial charge in [-0.05, 0) is 26.7 Å². The number of terminal acetylenes is 1. The summed E-state index contributed by atoms with van der Waals surface area (Å²) in [6.07, 6.45) is 5.45. The first-order valence-electron chi connectivity index (χ1n) is 5.83. The third-order valence-corrected chi connectivity index (χ3v) is 3.19. The third kappa shape index (κ3) is 2.28. The maximum Gasteiger partial charge on any atom is 0.247 e. The molecule has 17 heavy (non-hydrogen) atoms. The van der Waals surface area contributed by atoms with Gasteiger partial charge >= 0.3 is 0 Å². The van der Waals surface area contributed by atoms with Crippen LogP contribution < -0.4 is 5.32 Å². The molecule has 0 spiro atoms. The van der Waals surface area contributed by atoms with Crippen LogP contribution in [-0.4, -0.2) is 34.3 Å². The van der Waals surface area contributed by atoms with E-state index in [0.29, 0.717) is 0 Å². The minimum Gasteiger partial charge on any atom is -0.342 e. The summed E-state index contributed by atoms with van der Waals surface area (Å²) in [5.74, 6) is 2.38. The molecular weight excluding hydrogens is 216 g/mol. The van der Waals surface area contributed by atoms with Gasteiger partial charge in [0.05, 0.1) is 5.54 Å². The number of piperazine rings is 1. The fourth-order valence-corrected chi connectivity index (χ4v) is 2.07. The second kappa shape index (κ2) is 4.40. The van der Waals surface area contributed by atoms with Crippen molar-refractivity contribution in [2.45, 2.75) is 52.2 Å². The van der Waals surface area contributed by atoms with Crippen molar-refractivity contribution in [3.8, 4) is 12.3 Å². The van der Waals surface area contributed by atoms with Crippen molar-refractivity contribution in [3.05, 3.63) is 0 Å². The molecule has 1 heterocycles. The Morgan fingerprint density at radius 2 is 1.94 bits per heavy atom. The second-order valence-corrected chi connectivity index (χ2v) is 5.32. The molecule has 1 aliphatic rings.